The maximum atomic E-state index is 13.8. The quantitative estimate of drug-likeness (QED) is 0.747. The van der Waals surface area contributed by atoms with Crippen LogP contribution < -0.4 is 0 Å². The van der Waals surface area contributed by atoms with Gasteiger partial charge in [-0.05, 0) is 63.1 Å². The van der Waals surface area contributed by atoms with Crippen molar-refractivity contribution in [2.24, 2.45) is 0 Å². The Labute approximate surface area is 190 Å². The minimum absolute atomic E-state index is 0.102. The summed E-state index contributed by atoms with van der Waals surface area (Å²) in [6, 6.07) is 4.11. The third-order valence-electron chi connectivity index (χ3n) is 7.11. The predicted molar refractivity (Wildman–Crippen MR) is 120 cm³/mol. The SMILES string of the molecule is CON1CCC(ON2C(=O)C(c3c(C)cc(C)cc3C)=C(O)C23CCN(OC)CC3)CC1. The van der Waals surface area contributed by atoms with Crippen molar-refractivity contribution < 1.29 is 24.4 Å². The molecule has 8 heteroatoms. The van der Waals surface area contributed by atoms with Gasteiger partial charge in [-0.15, -0.1) is 0 Å². The van der Waals surface area contributed by atoms with E-state index in [1.54, 1.807) is 14.2 Å². The van der Waals surface area contributed by atoms with Gasteiger partial charge in [0.2, 0.25) is 0 Å². The van der Waals surface area contributed by atoms with Crippen LogP contribution >= 0.6 is 0 Å². The second-order valence-electron chi connectivity index (χ2n) is 9.16. The molecule has 3 aliphatic heterocycles. The molecule has 3 heterocycles. The molecule has 2 fully saturated rings. The first-order chi connectivity index (χ1) is 15.3. The number of amides is 1. The Bertz CT molecular complexity index is 876. The summed E-state index contributed by atoms with van der Waals surface area (Å²) in [4.78, 5) is 30.9. The first-order valence-corrected chi connectivity index (χ1v) is 11.4. The number of hydrogen-bond acceptors (Lipinski definition) is 7. The summed E-state index contributed by atoms with van der Waals surface area (Å²) >= 11 is 0. The molecule has 4 rings (SSSR count). The van der Waals surface area contributed by atoms with E-state index >= 15 is 0 Å². The molecule has 0 aromatic heterocycles. The third kappa shape index (κ3) is 3.95. The third-order valence-corrected chi connectivity index (χ3v) is 7.11. The lowest BCUT2D eigenvalue weighted by Crippen LogP contribution is -2.56. The van der Waals surface area contributed by atoms with Crippen molar-refractivity contribution in [1.29, 1.82) is 0 Å². The van der Waals surface area contributed by atoms with Gasteiger partial charge in [-0.3, -0.25) is 9.63 Å². The summed E-state index contributed by atoms with van der Waals surface area (Å²) in [6.07, 6.45) is 2.51. The molecular formula is C24H35N3O5. The van der Waals surface area contributed by atoms with E-state index in [0.29, 0.717) is 31.5 Å². The van der Waals surface area contributed by atoms with Crippen molar-refractivity contribution in [2.75, 3.05) is 40.4 Å². The predicted octanol–water partition coefficient (Wildman–Crippen LogP) is 3.08. The van der Waals surface area contributed by atoms with Gasteiger partial charge in [0.1, 0.15) is 11.3 Å². The van der Waals surface area contributed by atoms with Crippen molar-refractivity contribution in [3.05, 3.63) is 40.1 Å². The van der Waals surface area contributed by atoms with Crippen LogP contribution in [-0.2, 0) is 19.3 Å². The zero-order valence-electron chi connectivity index (χ0n) is 19.8. The number of nitrogens with zero attached hydrogens (tertiary/aromatic N) is 3. The molecule has 1 aromatic carbocycles. The Kier molecular flexibility index (Phi) is 6.61. The Morgan fingerprint density at radius 3 is 2.00 bits per heavy atom. The van der Waals surface area contributed by atoms with E-state index in [-0.39, 0.29) is 17.8 Å². The van der Waals surface area contributed by atoms with Crippen LogP contribution in [0.3, 0.4) is 0 Å². The average molecular weight is 446 g/mol. The Balaban J connectivity index is 1.70. The van der Waals surface area contributed by atoms with Crippen LogP contribution in [0.1, 0.15) is 47.9 Å². The molecule has 1 amide bonds. The number of aliphatic hydroxyl groups excluding tert-OH is 1. The van der Waals surface area contributed by atoms with E-state index in [0.717, 1.165) is 48.2 Å². The maximum absolute atomic E-state index is 13.8. The summed E-state index contributed by atoms with van der Waals surface area (Å²) < 4.78 is 0. The van der Waals surface area contributed by atoms with Crippen LogP contribution in [0.15, 0.2) is 17.9 Å². The number of aliphatic hydroxyl groups is 1. The minimum Gasteiger partial charge on any atom is -0.509 e. The van der Waals surface area contributed by atoms with E-state index in [4.69, 9.17) is 14.5 Å². The average Bonchev–Trinajstić information content (AvgIpc) is 2.96. The lowest BCUT2D eigenvalue weighted by atomic mass is 9.85. The lowest BCUT2D eigenvalue weighted by molar-refractivity contribution is -0.264. The molecule has 32 heavy (non-hydrogen) atoms. The van der Waals surface area contributed by atoms with Gasteiger partial charge >= 0.3 is 0 Å². The highest BCUT2D eigenvalue weighted by Crippen LogP contribution is 2.47. The van der Waals surface area contributed by atoms with E-state index in [1.165, 1.54) is 5.06 Å². The van der Waals surface area contributed by atoms with Crippen molar-refractivity contribution in [3.8, 4) is 0 Å². The maximum Gasteiger partial charge on any atom is 0.282 e. The first-order valence-electron chi connectivity index (χ1n) is 11.4. The normalized spacial score (nSPS) is 23.0. The fourth-order valence-electron chi connectivity index (χ4n) is 5.42. The molecule has 1 aromatic rings. The van der Waals surface area contributed by atoms with Crippen molar-refractivity contribution in [2.45, 2.75) is 58.1 Å². The molecule has 176 valence electrons. The highest BCUT2D eigenvalue weighted by molar-refractivity contribution is 6.23. The molecule has 0 unspecified atom stereocenters. The fraction of sp³-hybridized carbons (Fsp3) is 0.625. The summed E-state index contributed by atoms with van der Waals surface area (Å²) in [5, 5.41) is 16.9. The number of aryl methyl sites for hydroxylation is 3. The number of carbonyl (C=O) groups excluding carboxylic acids is 1. The number of rotatable bonds is 5. The topological polar surface area (TPSA) is 74.7 Å². The van der Waals surface area contributed by atoms with Crippen LogP contribution in [0.25, 0.3) is 5.57 Å². The molecule has 1 spiro atoms. The number of piperidine rings is 2. The van der Waals surface area contributed by atoms with Gasteiger partial charge in [0.15, 0.2) is 0 Å². The van der Waals surface area contributed by atoms with E-state index < -0.39 is 5.54 Å². The Morgan fingerprint density at radius 1 is 0.938 bits per heavy atom. The molecular weight excluding hydrogens is 410 g/mol. The van der Waals surface area contributed by atoms with Crippen molar-refractivity contribution in [3.63, 3.8) is 0 Å². The molecule has 3 aliphatic rings. The number of hydroxylamine groups is 6. The molecule has 2 saturated heterocycles. The first kappa shape index (κ1) is 23.2. The number of carbonyl (C=O) groups is 1. The van der Waals surface area contributed by atoms with Gasteiger partial charge in [0, 0.05) is 26.2 Å². The molecule has 0 atom stereocenters. The van der Waals surface area contributed by atoms with E-state index in [9.17, 15) is 9.90 Å². The van der Waals surface area contributed by atoms with E-state index in [1.807, 2.05) is 30.9 Å². The van der Waals surface area contributed by atoms with Gasteiger partial charge in [0.05, 0.1) is 25.9 Å². The fourth-order valence-corrected chi connectivity index (χ4v) is 5.42. The highest BCUT2D eigenvalue weighted by atomic mass is 16.7. The number of hydrogen-bond donors (Lipinski definition) is 1. The summed E-state index contributed by atoms with van der Waals surface area (Å²) in [6.45, 7) is 8.73. The molecule has 0 bridgehead atoms. The van der Waals surface area contributed by atoms with Crippen LogP contribution in [0, 0.1) is 20.8 Å². The zero-order valence-corrected chi connectivity index (χ0v) is 19.8. The van der Waals surface area contributed by atoms with Gasteiger partial charge < -0.3 is 14.8 Å². The van der Waals surface area contributed by atoms with Crippen LogP contribution in [-0.4, -0.2) is 78.2 Å². The second kappa shape index (κ2) is 9.11. The van der Waals surface area contributed by atoms with Crippen LogP contribution in [0.2, 0.25) is 0 Å². The summed E-state index contributed by atoms with van der Waals surface area (Å²) in [7, 11) is 3.32. The smallest absolute Gasteiger partial charge is 0.282 e. The van der Waals surface area contributed by atoms with Gasteiger partial charge in [0.25, 0.3) is 5.91 Å². The molecule has 8 nitrogen and oxygen atoms in total. The van der Waals surface area contributed by atoms with Gasteiger partial charge in [-0.2, -0.15) is 10.1 Å². The van der Waals surface area contributed by atoms with Crippen LogP contribution in [0.4, 0.5) is 0 Å². The lowest BCUT2D eigenvalue weighted by Gasteiger charge is -2.44. The molecule has 1 N–H and O–H groups in total. The van der Waals surface area contributed by atoms with Gasteiger partial charge in [-0.1, -0.05) is 17.7 Å². The standard InChI is InChI=1S/C24H35N3O5/c1-16-14-17(2)20(18(3)15-16)21-22(28)24(8-12-26(31-5)13-9-24)27(23(21)29)32-19-6-10-25(30-4)11-7-19/h14-15,19,28H,6-13H2,1-5H3. The molecule has 0 radical (unpaired) electrons. The monoisotopic (exact) mass is 445 g/mol. The van der Waals surface area contributed by atoms with Gasteiger partial charge in [-0.25, -0.2) is 5.06 Å². The summed E-state index contributed by atoms with van der Waals surface area (Å²) in [5.41, 5.74) is 3.42. The van der Waals surface area contributed by atoms with Crippen molar-refractivity contribution in [1.82, 2.24) is 15.2 Å². The Hall–Kier alpha value is -1.97. The van der Waals surface area contributed by atoms with E-state index in [2.05, 4.69) is 12.1 Å². The molecule has 0 saturated carbocycles. The highest BCUT2D eigenvalue weighted by Gasteiger charge is 2.56. The Morgan fingerprint density at radius 2 is 1.47 bits per heavy atom. The van der Waals surface area contributed by atoms with Crippen LogP contribution in [0.5, 0.6) is 0 Å². The second-order valence-corrected chi connectivity index (χ2v) is 9.16. The van der Waals surface area contributed by atoms with Crippen molar-refractivity contribution >= 4 is 11.5 Å². The number of benzene rings is 1. The largest absolute Gasteiger partial charge is 0.509 e. The minimum atomic E-state index is -0.871. The summed E-state index contributed by atoms with van der Waals surface area (Å²) in [5.74, 6) is -0.125. The zero-order chi connectivity index (χ0) is 23.0. The molecule has 0 aliphatic carbocycles.